The van der Waals surface area contributed by atoms with E-state index < -0.39 is 0 Å². The van der Waals surface area contributed by atoms with Crippen molar-refractivity contribution in [3.63, 3.8) is 0 Å². The minimum atomic E-state index is 0.178. The summed E-state index contributed by atoms with van der Waals surface area (Å²) in [6.45, 7) is 5.82. The molecule has 0 saturated carbocycles. The summed E-state index contributed by atoms with van der Waals surface area (Å²) in [5.41, 5.74) is 10.8. The average molecular weight is 318 g/mol. The van der Waals surface area contributed by atoms with Gasteiger partial charge in [0.2, 0.25) is 0 Å². The van der Waals surface area contributed by atoms with Crippen molar-refractivity contribution < 1.29 is 0 Å². The number of aromatic nitrogens is 1. The van der Waals surface area contributed by atoms with Gasteiger partial charge in [0, 0.05) is 15.3 Å². The van der Waals surface area contributed by atoms with Crippen molar-refractivity contribution in [2.24, 2.45) is 0 Å². The molecule has 0 aromatic carbocycles. The Kier molecular flexibility index (Phi) is 3.52. The van der Waals surface area contributed by atoms with Crippen molar-refractivity contribution in [2.45, 2.75) is 20.8 Å². The molecule has 112 valence electrons. The predicted octanol–water partition coefficient (Wildman–Crippen LogP) is 4.07. The van der Waals surface area contributed by atoms with Gasteiger partial charge in [-0.05, 0) is 55.7 Å². The van der Waals surface area contributed by atoms with Gasteiger partial charge < -0.3 is 5.73 Å². The highest BCUT2D eigenvalue weighted by molar-refractivity contribution is 7.12. The third-order valence-corrected chi connectivity index (χ3v) is 4.98. The second-order valence-corrected chi connectivity index (χ2v) is 6.77. The summed E-state index contributed by atoms with van der Waals surface area (Å²) in [5, 5.41) is 18.8. The first-order valence-corrected chi connectivity index (χ1v) is 7.90. The number of nitrogens with two attached hydrogens (primary N) is 1. The molecular formula is C18H14N4S. The van der Waals surface area contributed by atoms with Crippen LogP contribution in [0.25, 0.3) is 17.2 Å². The molecular weight excluding hydrogens is 304 g/mol. The number of allylic oxidation sites excluding steroid dienone is 3. The Hall–Kier alpha value is -2.89. The molecule has 0 spiro atoms. The van der Waals surface area contributed by atoms with Gasteiger partial charge in [0.1, 0.15) is 18.0 Å². The zero-order valence-electron chi connectivity index (χ0n) is 13.1. The molecule has 2 heterocycles. The van der Waals surface area contributed by atoms with Crippen LogP contribution in [0.4, 0.5) is 5.82 Å². The number of hydrogen-bond donors (Lipinski definition) is 1. The van der Waals surface area contributed by atoms with Crippen molar-refractivity contribution >= 4 is 34.4 Å². The van der Waals surface area contributed by atoms with Crippen LogP contribution in [0.2, 0.25) is 0 Å². The van der Waals surface area contributed by atoms with E-state index in [0.29, 0.717) is 16.8 Å². The van der Waals surface area contributed by atoms with E-state index in [0.717, 1.165) is 27.2 Å². The first kappa shape index (κ1) is 15.0. The van der Waals surface area contributed by atoms with Crippen LogP contribution in [0.1, 0.15) is 39.1 Å². The Bertz CT molecular complexity index is 978. The maximum absolute atomic E-state index is 9.50. The van der Waals surface area contributed by atoms with Crippen molar-refractivity contribution in [2.75, 3.05) is 5.73 Å². The summed E-state index contributed by atoms with van der Waals surface area (Å²) in [4.78, 5) is 6.65. The smallest absolute Gasteiger partial charge is 0.142 e. The highest BCUT2D eigenvalue weighted by Gasteiger charge is 2.29. The predicted molar refractivity (Wildman–Crippen MR) is 93.2 cm³/mol. The van der Waals surface area contributed by atoms with Gasteiger partial charge in [0.25, 0.3) is 0 Å². The van der Waals surface area contributed by atoms with Crippen LogP contribution in [0.5, 0.6) is 0 Å². The van der Waals surface area contributed by atoms with Crippen molar-refractivity contribution in [1.29, 1.82) is 10.5 Å². The second kappa shape index (κ2) is 5.39. The van der Waals surface area contributed by atoms with Crippen LogP contribution < -0.4 is 5.73 Å². The maximum atomic E-state index is 9.50. The molecule has 4 nitrogen and oxygen atoms in total. The number of nitrogen functional groups attached to an aromatic ring is 1. The molecule has 0 atom stereocenters. The van der Waals surface area contributed by atoms with E-state index in [1.54, 1.807) is 11.3 Å². The van der Waals surface area contributed by atoms with E-state index >= 15 is 0 Å². The zero-order chi connectivity index (χ0) is 16.7. The fourth-order valence-electron chi connectivity index (χ4n) is 2.87. The van der Waals surface area contributed by atoms with E-state index in [1.165, 1.54) is 4.88 Å². The minimum Gasteiger partial charge on any atom is -0.383 e. The van der Waals surface area contributed by atoms with E-state index in [1.807, 2.05) is 13.8 Å². The summed E-state index contributed by atoms with van der Waals surface area (Å²) in [6.07, 6.45) is 2.06. The highest BCUT2D eigenvalue weighted by atomic mass is 32.1. The van der Waals surface area contributed by atoms with Crippen LogP contribution in [0.3, 0.4) is 0 Å². The van der Waals surface area contributed by atoms with Crippen molar-refractivity contribution in [3.05, 3.63) is 49.8 Å². The third-order valence-electron chi connectivity index (χ3n) is 4.03. The van der Waals surface area contributed by atoms with Gasteiger partial charge in [-0.2, -0.15) is 10.5 Å². The molecule has 0 fully saturated rings. The molecule has 1 aliphatic rings. The number of nitrogens with zero attached hydrogens (tertiary/aromatic N) is 3. The van der Waals surface area contributed by atoms with Gasteiger partial charge >= 0.3 is 0 Å². The Morgan fingerprint density at radius 1 is 1.17 bits per heavy atom. The first-order valence-electron chi connectivity index (χ1n) is 7.08. The van der Waals surface area contributed by atoms with Crippen LogP contribution in [0.15, 0.2) is 17.7 Å². The quantitative estimate of drug-likeness (QED) is 0.858. The van der Waals surface area contributed by atoms with E-state index in [9.17, 15) is 10.5 Å². The second-order valence-electron chi connectivity index (χ2n) is 5.45. The number of anilines is 1. The van der Waals surface area contributed by atoms with Gasteiger partial charge in [0.05, 0.1) is 16.8 Å². The molecule has 5 heteroatoms. The van der Waals surface area contributed by atoms with E-state index in [-0.39, 0.29) is 5.82 Å². The Morgan fingerprint density at radius 3 is 2.48 bits per heavy atom. The molecule has 0 amide bonds. The van der Waals surface area contributed by atoms with Crippen LogP contribution in [-0.4, -0.2) is 4.98 Å². The standard InChI is InChI=1S/C18H14N4S/c1-9-4-5-12(23-9)6-13-10(2)14(7-19)17-16(13)11(3)15(8-20)18(21)22-17/h4-6H,1-3H3,(H2,21,22). The molecule has 0 aliphatic heterocycles. The van der Waals surface area contributed by atoms with Crippen molar-refractivity contribution in [1.82, 2.24) is 4.98 Å². The molecule has 2 aromatic rings. The molecule has 0 unspecified atom stereocenters. The number of aryl methyl sites for hydroxylation is 1. The lowest BCUT2D eigenvalue weighted by Gasteiger charge is -2.10. The molecule has 1 aliphatic carbocycles. The number of thiophene rings is 1. The van der Waals surface area contributed by atoms with Crippen LogP contribution in [-0.2, 0) is 0 Å². The Balaban J connectivity index is 2.34. The molecule has 23 heavy (non-hydrogen) atoms. The normalized spacial score (nSPS) is 14.7. The van der Waals surface area contributed by atoms with Gasteiger partial charge in [-0.1, -0.05) is 0 Å². The van der Waals surface area contributed by atoms with E-state index in [4.69, 9.17) is 5.73 Å². The summed E-state index contributed by atoms with van der Waals surface area (Å²) < 4.78 is 0. The summed E-state index contributed by atoms with van der Waals surface area (Å²) in [5.74, 6) is 0.178. The molecule has 2 N–H and O–H groups in total. The number of hydrogen-bond acceptors (Lipinski definition) is 5. The lowest BCUT2D eigenvalue weighted by molar-refractivity contribution is 1.22. The monoisotopic (exact) mass is 318 g/mol. The lowest BCUT2D eigenvalue weighted by Crippen LogP contribution is -2.03. The van der Waals surface area contributed by atoms with Gasteiger partial charge in [-0.3, -0.25) is 0 Å². The van der Waals surface area contributed by atoms with E-state index in [2.05, 4.69) is 42.3 Å². The zero-order valence-corrected chi connectivity index (χ0v) is 13.9. The summed E-state index contributed by atoms with van der Waals surface area (Å²) in [7, 11) is 0. The summed E-state index contributed by atoms with van der Waals surface area (Å²) >= 11 is 1.69. The number of nitriles is 2. The minimum absolute atomic E-state index is 0.178. The van der Waals surface area contributed by atoms with Gasteiger partial charge in [-0.15, -0.1) is 11.3 Å². The molecule has 0 radical (unpaired) electrons. The average Bonchev–Trinajstić information content (AvgIpc) is 3.02. The Morgan fingerprint density at radius 2 is 1.91 bits per heavy atom. The fourth-order valence-corrected chi connectivity index (χ4v) is 3.69. The highest BCUT2D eigenvalue weighted by Crippen LogP contribution is 2.44. The number of rotatable bonds is 1. The first-order chi connectivity index (χ1) is 11.0. The molecule has 3 rings (SSSR count). The largest absolute Gasteiger partial charge is 0.383 e. The molecule has 2 aromatic heterocycles. The Labute approximate surface area is 138 Å². The maximum Gasteiger partial charge on any atom is 0.142 e. The number of fused-ring (bicyclic) bond motifs is 1. The van der Waals surface area contributed by atoms with Crippen LogP contribution >= 0.6 is 11.3 Å². The third kappa shape index (κ3) is 2.23. The van der Waals surface area contributed by atoms with Crippen LogP contribution in [0, 0.1) is 36.5 Å². The number of pyridine rings is 1. The SMILES string of the molecule is CC1=C(C#N)c2nc(N)c(C#N)c(C)c2C1=Cc1ccc(C)s1. The topological polar surface area (TPSA) is 86.5 Å². The fraction of sp³-hybridized carbons (Fsp3) is 0.167. The van der Waals surface area contributed by atoms with Crippen molar-refractivity contribution in [3.8, 4) is 12.1 Å². The lowest BCUT2D eigenvalue weighted by atomic mass is 9.97. The van der Waals surface area contributed by atoms with Gasteiger partial charge in [0.15, 0.2) is 0 Å². The summed E-state index contributed by atoms with van der Waals surface area (Å²) in [6, 6.07) is 8.45. The van der Waals surface area contributed by atoms with Gasteiger partial charge in [-0.25, -0.2) is 4.98 Å². The molecule has 0 bridgehead atoms. The molecule has 0 saturated heterocycles.